The van der Waals surface area contributed by atoms with Crippen molar-refractivity contribution in [3.8, 4) is 11.5 Å². The maximum Gasteiger partial charge on any atom is 0.191 e. The van der Waals surface area contributed by atoms with Gasteiger partial charge in [0.25, 0.3) is 0 Å². The largest absolute Gasteiger partial charge is 0.486 e. The molecule has 0 bridgehead atoms. The van der Waals surface area contributed by atoms with Crippen LogP contribution in [0, 0.1) is 0 Å². The van der Waals surface area contributed by atoms with Crippen LogP contribution in [0.25, 0.3) is 0 Å². The highest BCUT2D eigenvalue weighted by Crippen LogP contribution is 2.30. The summed E-state index contributed by atoms with van der Waals surface area (Å²) in [4.78, 5) is 4.27. The number of hydrogen-bond donors (Lipinski definition) is 2. The highest BCUT2D eigenvalue weighted by Gasteiger charge is 2.21. The van der Waals surface area contributed by atoms with Crippen molar-refractivity contribution >= 4 is 17.7 Å². The van der Waals surface area contributed by atoms with Crippen LogP contribution in [0.1, 0.15) is 12.8 Å². The first-order valence-corrected chi connectivity index (χ1v) is 8.84. The first kappa shape index (κ1) is 15.3. The Labute approximate surface area is 135 Å². The minimum Gasteiger partial charge on any atom is -0.486 e. The molecule has 0 radical (unpaired) electrons. The predicted octanol–water partition coefficient (Wildman–Crippen LogP) is 1.89. The zero-order valence-electron chi connectivity index (χ0n) is 12.9. The summed E-state index contributed by atoms with van der Waals surface area (Å²) in [6.07, 6.45) is 2.62. The van der Waals surface area contributed by atoms with Crippen molar-refractivity contribution in [3.63, 3.8) is 0 Å². The van der Waals surface area contributed by atoms with Gasteiger partial charge in [0.15, 0.2) is 17.5 Å². The van der Waals surface area contributed by atoms with Gasteiger partial charge in [-0.2, -0.15) is 11.8 Å². The second-order valence-corrected chi connectivity index (χ2v) is 6.87. The Hall–Kier alpha value is -1.56. The molecule has 0 saturated carbocycles. The van der Waals surface area contributed by atoms with Gasteiger partial charge >= 0.3 is 0 Å². The fourth-order valence-electron chi connectivity index (χ4n) is 2.61. The average Bonchev–Trinajstić information content (AvgIpc) is 3.08. The Balaban J connectivity index is 1.43. The van der Waals surface area contributed by atoms with Gasteiger partial charge in [-0.05, 0) is 30.7 Å². The second kappa shape index (κ2) is 7.63. The summed E-state index contributed by atoms with van der Waals surface area (Å²) in [5.74, 6) is 3.74. The van der Waals surface area contributed by atoms with Crippen LogP contribution in [0.2, 0.25) is 0 Å². The number of nitrogens with one attached hydrogen (secondary N) is 2. The van der Waals surface area contributed by atoms with E-state index in [1.165, 1.54) is 18.6 Å². The van der Waals surface area contributed by atoms with E-state index in [4.69, 9.17) is 9.47 Å². The van der Waals surface area contributed by atoms with Crippen LogP contribution in [0.3, 0.4) is 0 Å². The average molecular weight is 321 g/mol. The van der Waals surface area contributed by atoms with Crippen LogP contribution >= 0.6 is 11.8 Å². The monoisotopic (exact) mass is 321 g/mol. The van der Waals surface area contributed by atoms with Crippen LogP contribution in [-0.4, -0.2) is 49.8 Å². The van der Waals surface area contributed by atoms with E-state index < -0.39 is 0 Å². The summed E-state index contributed by atoms with van der Waals surface area (Å²) in [6.45, 7) is 2.19. The van der Waals surface area contributed by atoms with Gasteiger partial charge < -0.3 is 20.1 Å². The number of rotatable bonds is 4. The van der Waals surface area contributed by atoms with Crippen LogP contribution < -0.4 is 20.1 Å². The predicted molar refractivity (Wildman–Crippen MR) is 91.2 cm³/mol. The molecule has 1 saturated heterocycles. The van der Waals surface area contributed by atoms with Crippen molar-refractivity contribution < 1.29 is 9.47 Å². The molecular formula is C16H23N3O2S. The van der Waals surface area contributed by atoms with Crippen molar-refractivity contribution in [2.45, 2.75) is 24.2 Å². The first-order valence-electron chi connectivity index (χ1n) is 7.80. The number of guanidine groups is 1. The molecule has 1 fully saturated rings. The van der Waals surface area contributed by atoms with Gasteiger partial charge in [-0.3, -0.25) is 4.99 Å². The third-order valence-corrected chi connectivity index (χ3v) is 5.21. The molecule has 3 rings (SSSR count). The van der Waals surface area contributed by atoms with E-state index in [0.29, 0.717) is 18.4 Å². The number of nitrogens with zero attached hydrogens (tertiary/aromatic N) is 1. The smallest absolute Gasteiger partial charge is 0.191 e. The fraction of sp³-hybridized carbons (Fsp3) is 0.562. The second-order valence-electron chi connectivity index (χ2n) is 5.47. The van der Waals surface area contributed by atoms with Crippen molar-refractivity contribution in [1.82, 2.24) is 10.6 Å². The Morgan fingerprint density at radius 2 is 2.09 bits per heavy atom. The summed E-state index contributed by atoms with van der Waals surface area (Å²) in [5, 5.41) is 7.42. The van der Waals surface area contributed by atoms with E-state index in [2.05, 4.69) is 15.6 Å². The molecule has 1 aromatic rings. The standard InChI is InChI=1S/C16H23N3O2S/c1-17-16(19-10-13-5-4-8-22-13)18-9-12-11-20-14-6-2-3-7-15(14)21-12/h2-3,6-7,12-13H,4-5,8-11H2,1H3,(H2,17,18,19). The molecule has 0 amide bonds. The van der Waals surface area contributed by atoms with E-state index >= 15 is 0 Å². The molecule has 2 aliphatic rings. The quantitative estimate of drug-likeness (QED) is 0.655. The summed E-state index contributed by atoms with van der Waals surface area (Å²) in [5.41, 5.74) is 0. The SMILES string of the molecule is CN=C(NCC1COc2ccccc2O1)NCC1CCCS1. The topological polar surface area (TPSA) is 54.9 Å². The lowest BCUT2D eigenvalue weighted by Crippen LogP contribution is -2.46. The third-order valence-electron chi connectivity index (χ3n) is 3.81. The number of hydrogen-bond acceptors (Lipinski definition) is 4. The van der Waals surface area contributed by atoms with Crippen LogP contribution in [0.5, 0.6) is 11.5 Å². The van der Waals surface area contributed by atoms with Crippen LogP contribution in [0.4, 0.5) is 0 Å². The van der Waals surface area contributed by atoms with Crippen molar-refractivity contribution in [2.75, 3.05) is 32.5 Å². The number of ether oxygens (including phenoxy) is 2. The zero-order chi connectivity index (χ0) is 15.2. The maximum absolute atomic E-state index is 5.93. The summed E-state index contributed by atoms with van der Waals surface area (Å²) < 4.78 is 11.6. The van der Waals surface area contributed by atoms with Crippen LogP contribution in [0.15, 0.2) is 29.3 Å². The van der Waals surface area contributed by atoms with Gasteiger partial charge in [0, 0.05) is 18.8 Å². The van der Waals surface area contributed by atoms with Crippen molar-refractivity contribution in [2.24, 2.45) is 4.99 Å². The molecule has 5 nitrogen and oxygen atoms in total. The molecule has 120 valence electrons. The van der Waals surface area contributed by atoms with E-state index in [1.807, 2.05) is 36.0 Å². The molecule has 2 unspecified atom stereocenters. The number of aliphatic imine (C=N–C) groups is 1. The fourth-order valence-corrected chi connectivity index (χ4v) is 3.81. The molecule has 2 atom stereocenters. The lowest BCUT2D eigenvalue weighted by molar-refractivity contribution is 0.0936. The Bertz CT molecular complexity index is 518. The Morgan fingerprint density at radius 3 is 2.86 bits per heavy atom. The molecular weight excluding hydrogens is 298 g/mol. The number of para-hydroxylation sites is 2. The molecule has 0 spiro atoms. The van der Waals surface area contributed by atoms with Gasteiger partial charge in [-0.1, -0.05) is 12.1 Å². The normalized spacial score (nSPS) is 24.1. The highest BCUT2D eigenvalue weighted by molar-refractivity contribution is 8.00. The third kappa shape index (κ3) is 4.00. The summed E-state index contributed by atoms with van der Waals surface area (Å²) in [6, 6.07) is 7.77. The van der Waals surface area contributed by atoms with E-state index in [1.54, 1.807) is 7.05 Å². The highest BCUT2D eigenvalue weighted by atomic mass is 32.2. The van der Waals surface area contributed by atoms with Gasteiger partial charge in [-0.25, -0.2) is 0 Å². The maximum atomic E-state index is 5.93. The molecule has 0 aliphatic carbocycles. The van der Waals surface area contributed by atoms with Crippen LogP contribution in [-0.2, 0) is 0 Å². The Morgan fingerprint density at radius 1 is 1.27 bits per heavy atom. The number of thioether (sulfide) groups is 1. The minimum absolute atomic E-state index is 0.00527. The first-order chi connectivity index (χ1) is 10.8. The lowest BCUT2D eigenvalue weighted by atomic mass is 10.2. The number of benzene rings is 1. The van der Waals surface area contributed by atoms with E-state index in [9.17, 15) is 0 Å². The summed E-state index contributed by atoms with van der Waals surface area (Å²) in [7, 11) is 1.80. The van der Waals surface area contributed by atoms with Gasteiger partial charge in [0.1, 0.15) is 12.7 Å². The van der Waals surface area contributed by atoms with Gasteiger partial charge in [0.2, 0.25) is 0 Å². The van der Waals surface area contributed by atoms with E-state index in [0.717, 1.165) is 24.0 Å². The van der Waals surface area contributed by atoms with Gasteiger partial charge in [0.05, 0.1) is 6.54 Å². The lowest BCUT2D eigenvalue weighted by Gasteiger charge is -2.27. The molecule has 0 aromatic heterocycles. The number of fused-ring (bicyclic) bond motifs is 1. The molecule has 6 heteroatoms. The molecule has 1 aromatic carbocycles. The molecule has 22 heavy (non-hydrogen) atoms. The van der Waals surface area contributed by atoms with Crippen molar-refractivity contribution in [1.29, 1.82) is 0 Å². The van der Waals surface area contributed by atoms with Gasteiger partial charge in [-0.15, -0.1) is 0 Å². The summed E-state index contributed by atoms with van der Waals surface area (Å²) >= 11 is 2.04. The Kier molecular flexibility index (Phi) is 5.32. The molecule has 2 N–H and O–H groups in total. The minimum atomic E-state index is -0.00527. The zero-order valence-corrected chi connectivity index (χ0v) is 13.7. The van der Waals surface area contributed by atoms with Crippen molar-refractivity contribution in [3.05, 3.63) is 24.3 Å². The molecule has 2 heterocycles. The molecule has 2 aliphatic heterocycles. The van der Waals surface area contributed by atoms with E-state index in [-0.39, 0.29) is 6.10 Å².